The fraction of sp³-hybridized carbons (Fsp3) is 0.167. The van der Waals surface area contributed by atoms with Crippen molar-refractivity contribution < 1.29 is 9.13 Å². The molecule has 0 aliphatic rings. The second-order valence-corrected chi connectivity index (χ2v) is 7.94. The van der Waals surface area contributed by atoms with Gasteiger partial charge >= 0.3 is 0 Å². The number of aliphatic imine (C=N–C) groups is 1. The van der Waals surface area contributed by atoms with Gasteiger partial charge in [0.15, 0.2) is 17.5 Å². The number of ether oxygens (including phenoxy) is 1. The molecule has 4 heterocycles. The minimum atomic E-state index is -0.372. The van der Waals surface area contributed by atoms with E-state index in [4.69, 9.17) is 4.74 Å². The summed E-state index contributed by atoms with van der Waals surface area (Å²) in [5.74, 6) is 1.51. The van der Waals surface area contributed by atoms with E-state index in [0.717, 1.165) is 16.5 Å². The lowest BCUT2D eigenvalue weighted by Gasteiger charge is -2.07. The molecule has 11 heteroatoms. The number of pyridine rings is 1. The molecule has 4 aromatic heterocycles. The van der Waals surface area contributed by atoms with E-state index >= 15 is 0 Å². The van der Waals surface area contributed by atoms with Crippen LogP contribution in [0.2, 0.25) is 0 Å². The number of hydrogen-bond donors (Lipinski definition) is 1. The minimum Gasteiger partial charge on any atom is -0.481 e. The van der Waals surface area contributed by atoms with Crippen LogP contribution >= 0.6 is 0 Å². The van der Waals surface area contributed by atoms with Gasteiger partial charge < -0.3 is 19.2 Å². The van der Waals surface area contributed by atoms with Crippen molar-refractivity contribution in [3.05, 3.63) is 66.8 Å². The molecule has 176 valence electrons. The molecule has 0 aliphatic carbocycles. The summed E-state index contributed by atoms with van der Waals surface area (Å²) in [4.78, 5) is 22.8. The quantitative estimate of drug-likeness (QED) is 0.285. The lowest BCUT2D eigenvalue weighted by Crippen LogP contribution is -2.07. The zero-order chi connectivity index (χ0) is 24.4. The number of halogens is 1. The Balaban J connectivity index is 1.63. The molecule has 0 saturated carbocycles. The molecule has 0 spiro atoms. The van der Waals surface area contributed by atoms with Crippen LogP contribution in [0, 0.1) is 5.82 Å². The minimum absolute atomic E-state index is 0.314. The third-order valence-electron chi connectivity index (χ3n) is 5.28. The van der Waals surface area contributed by atoms with Crippen LogP contribution in [-0.4, -0.2) is 67.1 Å². The molecular formula is C24H22FN9O. The van der Waals surface area contributed by atoms with E-state index in [9.17, 15) is 4.39 Å². The summed E-state index contributed by atoms with van der Waals surface area (Å²) in [6.45, 7) is 0.314. The maximum absolute atomic E-state index is 14.2. The van der Waals surface area contributed by atoms with Crippen molar-refractivity contribution in [2.24, 2.45) is 4.99 Å². The molecule has 10 nitrogen and oxygen atoms in total. The van der Waals surface area contributed by atoms with Gasteiger partial charge in [-0.05, 0) is 24.3 Å². The smallest absolute Gasteiger partial charge is 0.221 e. The summed E-state index contributed by atoms with van der Waals surface area (Å²) in [6.07, 6.45) is 6.75. The van der Waals surface area contributed by atoms with E-state index in [1.54, 1.807) is 37.8 Å². The van der Waals surface area contributed by atoms with Crippen molar-refractivity contribution in [1.82, 2.24) is 39.6 Å². The molecule has 0 bridgehead atoms. The van der Waals surface area contributed by atoms with E-state index < -0.39 is 0 Å². The Kier molecular flexibility index (Phi) is 5.88. The Bertz CT molecular complexity index is 1520. The maximum atomic E-state index is 14.2. The highest BCUT2D eigenvalue weighted by Gasteiger charge is 2.20. The summed E-state index contributed by atoms with van der Waals surface area (Å²) in [6, 6.07) is 10.2. The van der Waals surface area contributed by atoms with Gasteiger partial charge in [-0.2, -0.15) is 0 Å². The fourth-order valence-corrected chi connectivity index (χ4v) is 3.76. The Morgan fingerprint density at radius 1 is 1.06 bits per heavy atom. The van der Waals surface area contributed by atoms with Crippen LogP contribution in [-0.2, 0) is 6.54 Å². The highest BCUT2D eigenvalue weighted by molar-refractivity contribution is 6.02. The van der Waals surface area contributed by atoms with Crippen molar-refractivity contribution in [1.29, 1.82) is 0 Å². The van der Waals surface area contributed by atoms with Crippen LogP contribution in [0.4, 0.5) is 10.2 Å². The molecule has 5 aromatic rings. The van der Waals surface area contributed by atoms with E-state index in [1.807, 2.05) is 41.9 Å². The fourth-order valence-electron chi connectivity index (χ4n) is 3.76. The topological polar surface area (TPSA) is 110 Å². The summed E-state index contributed by atoms with van der Waals surface area (Å²) in [7, 11) is 5.34. The van der Waals surface area contributed by atoms with Crippen molar-refractivity contribution >= 4 is 23.2 Å². The third kappa shape index (κ3) is 4.31. The average molecular weight is 472 g/mol. The van der Waals surface area contributed by atoms with Crippen LogP contribution in [0.5, 0.6) is 5.88 Å². The Hall–Kier alpha value is -4.67. The molecule has 0 amide bonds. The van der Waals surface area contributed by atoms with Crippen LogP contribution in [0.3, 0.4) is 0 Å². The van der Waals surface area contributed by atoms with Gasteiger partial charge in [0.1, 0.15) is 17.8 Å². The van der Waals surface area contributed by atoms with Gasteiger partial charge in [-0.1, -0.05) is 12.1 Å². The number of rotatable bonds is 7. The third-order valence-corrected chi connectivity index (χ3v) is 5.28. The van der Waals surface area contributed by atoms with Gasteiger partial charge in [-0.3, -0.25) is 0 Å². The monoisotopic (exact) mass is 471 g/mol. The van der Waals surface area contributed by atoms with Crippen LogP contribution < -0.4 is 4.74 Å². The van der Waals surface area contributed by atoms with Gasteiger partial charge in [0, 0.05) is 37.6 Å². The van der Waals surface area contributed by atoms with Gasteiger partial charge in [0.25, 0.3) is 0 Å². The molecule has 0 radical (unpaired) electrons. The lowest BCUT2D eigenvalue weighted by molar-refractivity contribution is 0.400. The normalized spacial score (nSPS) is 11.4. The SMILES string of the molecule is COc1ncccc1-c1cn(Cc2nnc(-c3ccccc3F)[nH]2)c2ncnc(/N=C\N(C)C)c12. The van der Waals surface area contributed by atoms with Crippen molar-refractivity contribution in [2.45, 2.75) is 6.54 Å². The van der Waals surface area contributed by atoms with Gasteiger partial charge in [-0.15, -0.1) is 10.2 Å². The number of fused-ring (bicyclic) bond motifs is 1. The molecule has 0 aliphatic heterocycles. The first-order chi connectivity index (χ1) is 17.0. The Labute approximate surface area is 200 Å². The standard InChI is InChI=1S/C24H22FN9O/c1-33(2)14-29-22-20-17(15-8-6-10-26-24(15)35-3)11-34(23(20)28-13-27-22)12-19-30-21(32-31-19)16-7-4-5-9-18(16)25/h4-11,13-14H,12H2,1-3H3,(H,30,31,32)/b29-14-. The summed E-state index contributed by atoms with van der Waals surface area (Å²) in [5, 5.41) is 9.10. The highest BCUT2D eigenvalue weighted by Crippen LogP contribution is 2.38. The number of aromatic nitrogens is 7. The predicted molar refractivity (Wildman–Crippen MR) is 130 cm³/mol. The van der Waals surface area contributed by atoms with Crippen LogP contribution in [0.25, 0.3) is 33.5 Å². The van der Waals surface area contributed by atoms with Crippen molar-refractivity contribution in [2.75, 3.05) is 21.2 Å². The van der Waals surface area contributed by atoms with Gasteiger partial charge in [0.05, 0.1) is 30.9 Å². The molecule has 35 heavy (non-hydrogen) atoms. The molecule has 0 atom stereocenters. The Morgan fingerprint density at radius 2 is 1.89 bits per heavy atom. The summed E-state index contributed by atoms with van der Waals surface area (Å²) in [5.41, 5.74) is 2.59. The molecule has 5 rings (SSSR count). The zero-order valence-corrected chi connectivity index (χ0v) is 19.3. The first kappa shape index (κ1) is 22.1. The summed E-state index contributed by atoms with van der Waals surface area (Å²) < 4.78 is 21.6. The highest BCUT2D eigenvalue weighted by atomic mass is 19.1. The number of aromatic amines is 1. The lowest BCUT2D eigenvalue weighted by atomic mass is 10.1. The average Bonchev–Trinajstić information content (AvgIpc) is 3.48. The Morgan fingerprint density at radius 3 is 2.69 bits per heavy atom. The van der Waals surface area contributed by atoms with Gasteiger partial charge in [0.2, 0.25) is 5.88 Å². The molecule has 0 fully saturated rings. The second-order valence-electron chi connectivity index (χ2n) is 7.94. The largest absolute Gasteiger partial charge is 0.481 e. The molecule has 1 aromatic carbocycles. The first-order valence-electron chi connectivity index (χ1n) is 10.8. The van der Waals surface area contributed by atoms with E-state index in [0.29, 0.717) is 41.1 Å². The number of hydrogen-bond acceptors (Lipinski definition) is 7. The number of benzene rings is 1. The van der Waals surface area contributed by atoms with E-state index in [1.165, 1.54) is 12.4 Å². The molecular weight excluding hydrogens is 449 g/mol. The van der Waals surface area contributed by atoms with Crippen molar-refractivity contribution in [3.8, 4) is 28.4 Å². The van der Waals surface area contributed by atoms with Crippen LogP contribution in [0.15, 0.2) is 60.1 Å². The zero-order valence-electron chi connectivity index (χ0n) is 19.3. The van der Waals surface area contributed by atoms with Gasteiger partial charge in [-0.25, -0.2) is 24.3 Å². The number of nitrogens with zero attached hydrogens (tertiary/aromatic N) is 8. The molecule has 0 saturated heterocycles. The predicted octanol–water partition coefficient (Wildman–Crippen LogP) is 3.70. The second kappa shape index (κ2) is 9.29. The number of nitrogens with one attached hydrogen (secondary N) is 1. The van der Waals surface area contributed by atoms with E-state index in [-0.39, 0.29) is 5.82 Å². The molecule has 0 unspecified atom stereocenters. The maximum Gasteiger partial charge on any atom is 0.221 e. The number of methoxy groups -OCH3 is 1. The van der Waals surface area contributed by atoms with Crippen LogP contribution in [0.1, 0.15) is 5.82 Å². The first-order valence-corrected chi connectivity index (χ1v) is 10.8. The molecule has 1 N–H and O–H groups in total. The number of H-pyrrole nitrogens is 1. The summed E-state index contributed by atoms with van der Waals surface area (Å²) >= 11 is 0. The van der Waals surface area contributed by atoms with E-state index in [2.05, 4.69) is 35.1 Å². The van der Waals surface area contributed by atoms with Crippen molar-refractivity contribution in [3.63, 3.8) is 0 Å².